The Balaban J connectivity index is 1.74. The van der Waals surface area contributed by atoms with Crippen LogP contribution in [0.4, 0.5) is 5.69 Å². The molecular weight excluding hydrogens is 424 g/mol. The lowest BCUT2D eigenvalue weighted by Crippen LogP contribution is -2.21. The van der Waals surface area contributed by atoms with E-state index in [1.54, 1.807) is 25.4 Å². The first kappa shape index (κ1) is 19.8. The van der Waals surface area contributed by atoms with E-state index in [2.05, 4.69) is 36.8 Å². The van der Waals surface area contributed by atoms with Crippen molar-refractivity contribution >= 4 is 33.4 Å². The van der Waals surface area contributed by atoms with Crippen LogP contribution in [-0.2, 0) is 13.6 Å². The van der Waals surface area contributed by atoms with Crippen LogP contribution in [0.2, 0.25) is 0 Å². The van der Waals surface area contributed by atoms with Gasteiger partial charge in [0, 0.05) is 25.9 Å². The maximum absolute atomic E-state index is 12.6. The van der Waals surface area contributed by atoms with Gasteiger partial charge in [0.25, 0.3) is 11.8 Å². The second-order valence-electron chi connectivity index (χ2n) is 6.44. The molecule has 0 saturated carbocycles. The van der Waals surface area contributed by atoms with E-state index in [1.165, 1.54) is 11.7 Å². The average molecular weight is 445 g/mol. The van der Waals surface area contributed by atoms with Crippen molar-refractivity contribution in [2.24, 2.45) is 7.05 Å². The third-order valence-electron chi connectivity index (χ3n) is 4.36. The molecule has 2 aromatic heterocycles. The highest BCUT2D eigenvalue weighted by Crippen LogP contribution is 2.21. The Labute approximate surface area is 171 Å². The number of aryl methyl sites for hydroxylation is 2. The highest BCUT2D eigenvalue weighted by molar-refractivity contribution is 9.10. The van der Waals surface area contributed by atoms with E-state index in [9.17, 15) is 9.59 Å². The molecule has 0 unspecified atom stereocenters. The Kier molecular flexibility index (Phi) is 5.64. The number of nitrogens with one attached hydrogen (secondary N) is 2. The number of carbonyl (C=O) groups excluding carboxylic acids is 2. The molecule has 146 valence electrons. The molecule has 2 N–H and O–H groups in total. The van der Waals surface area contributed by atoms with Crippen molar-refractivity contribution in [1.29, 1.82) is 0 Å². The highest BCUT2D eigenvalue weighted by Gasteiger charge is 2.17. The molecule has 2 heterocycles. The van der Waals surface area contributed by atoms with Crippen LogP contribution >= 0.6 is 15.9 Å². The molecule has 0 aliphatic heterocycles. The third-order valence-corrected chi connectivity index (χ3v) is 5.51. The molecule has 9 heteroatoms. The molecule has 1 aromatic carbocycles. The SMILES string of the molecule is CNC(=O)c1nn(C)cc1NC(=O)c1ccc(Cn2nc(C)c(Br)c2C)cc1. The molecule has 0 radical (unpaired) electrons. The summed E-state index contributed by atoms with van der Waals surface area (Å²) >= 11 is 3.53. The molecule has 8 nitrogen and oxygen atoms in total. The zero-order chi connectivity index (χ0) is 20.4. The van der Waals surface area contributed by atoms with Crippen molar-refractivity contribution in [3.63, 3.8) is 0 Å². The van der Waals surface area contributed by atoms with Crippen molar-refractivity contribution in [2.75, 3.05) is 12.4 Å². The molecule has 0 aliphatic carbocycles. The number of halogens is 1. The van der Waals surface area contributed by atoms with Gasteiger partial charge in [0.1, 0.15) is 0 Å². The van der Waals surface area contributed by atoms with Gasteiger partial charge in [-0.25, -0.2) is 0 Å². The van der Waals surface area contributed by atoms with Gasteiger partial charge in [-0.05, 0) is 47.5 Å². The summed E-state index contributed by atoms with van der Waals surface area (Å²) in [6.07, 6.45) is 1.59. The summed E-state index contributed by atoms with van der Waals surface area (Å²) in [6.45, 7) is 4.57. The monoisotopic (exact) mass is 444 g/mol. The summed E-state index contributed by atoms with van der Waals surface area (Å²) in [5.41, 5.74) is 4.05. The number of carbonyl (C=O) groups is 2. The number of aromatic nitrogens is 4. The van der Waals surface area contributed by atoms with Gasteiger partial charge < -0.3 is 10.6 Å². The van der Waals surface area contributed by atoms with E-state index in [4.69, 9.17) is 0 Å². The fraction of sp³-hybridized carbons (Fsp3) is 0.263. The van der Waals surface area contributed by atoms with Gasteiger partial charge in [0.15, 0.2) is 5.69 Å². The summed E-state index contributed by atoms with van der Waals surface area (Å²) in [7, 11) is 3.21. The molecule has 0 saturated heterocycles. The van der Waals surface area contributed by atoms with Crippen LogP contribution in [0.25, 0.3) is 0 Å². The topological polar surface area (TPSA) is 93.8 Å². The van der Waals surface area contributed by atoms with Crippen LogP contribution in [0.3, 0.4) is 0 Å². The maximum Gasteiger partial charge on any atom is 0.273 e. The van der Waals surface area contributed by atoms with Crippen molar-refractivity contribution in [3.8, 4) is 0 Å². The lowest BCUT2D eigenvalue weighted by Gasteiger charge is -2.07. The molecule has 3 rings (SSSR count). The normalized spacial score (nSPS) is 10.8. The van der Waals surface area contributed by atoms with E-state index in [1.807, 2.05) is 30.7 Å². The molecule has 0 fully saturated rings. The van der Waals surface area contributed by atoms with Crippen LogP contribution < -0.4 is 10.6 Å². The van der Waals surface area contributed by atoms with E-state index in [0.29, 0.717) is 17.8 Å². The maximum atomic E-state index is 12.6. The molecule has 0 atom stereocenters. The number of nitrogens with zero attached hydrogens (tertiary/aromatic N) is 4. The summed E-state index contributed by atoms with van der Waals surface area (Å²) in [5.74, 6) is -0.666. The standard InChI is InChI=1S/C19H21BrN6O2/c1-11-16(20)12(2)26(23-11)9-13-5-7-14(8-6-13)18(27)22-15-10-25(4)24-17(15)19(28)21-3/h5-8,10H,9H2,1-4H3,(H,21,28)(H,22,27). The van der Waals surface area contributed by atoms with E-state index in [-0.39, 0.29) is 17.5 Å². The fourth-order valence-electron chi connectivity index (χ4n) is 2.82. The Morgan fingerprint density at radius 3 is 2.36 bits per heavy atom. The van der Waals surface area contributed by atoms with Gasteiger partial charge in [0.2, 0.25) is 0 Å². The first-order chi connectivity index (χ1) is 13.3. The van der Waals surface area contributed by atoms with Crippen molar-refractivity contribution in [3.05, 3.63) is 63.1 Å². The Bertz CT molecular complexity index is 1040. The summed E-state index contributed by atoms with van der Waals surface area (Å²) in [4.78, 5) is 24.4. The quantitative estimate of drug-likeness (QED) is 0.632. The summed E-state index contributed by atoms with van der Waals surface area (Å²) < 4.78 is 4.40. The number of anilines is 1. The van der Waals surface area contributed by atoms with Crippen LogP contribution in [-0.4, -0.2) is 38.4 Å². The fourth-order valence-corrected chi connectivity index (χ4v) is 3.11. The van der Waals surface area contributed by atoms with E-state index in [0.717, 1.165) is 21.4 Å². The summed E-state index contributed by atoms with van der Waals surface area (Å²) in [5, 5.41) is 13.8. The smallest absolute Gasteiger partial charge is 0.273 e. The van der Waals surface area contributed by atoms with Crippen LogP contribution in [0.1, 0.15) is 37.8 Å². The van der Waals surface area contributed by atoms with Crippen LogP contribution in [0.5, 0.6) is 0 Å². The number of benzene rings is 1. The minimum Gasteiger partial charge on any atom is -0.354 e. The zero-order valence-corrected chi connectivity index (χ0v) is 17.7. The Hall–Kier alpha value is -2.94. The van der Waals surface area contributed by atoms with Gasteiger partial charge in [-0.3, -0.25) is 19.0 Å². The average Bonchev–Trinajstić information content (AvgIpc) is 3.16. The molecule has 28 heavy (non-hydrogen) atoms. The first-order valence-corrected chi connectivity index (χ1v) is 9.45. The minimum atomic E-state index is -0.359. The molecule has 0 spiro atoms. The molecule has 0 bridgehead atoms. The van der Waals surface area contributed by atoms with Gasteiger partial charge in [-0.1, -0.05) is 12.1 Å². The number of amides is 2. The van der Waals surface area contributed by atoms with Gasteiger partial charge in [0.05, 0.1) is 28.1 Å². The number of hydrogen-bond acceptors (Lipinski definition) is 4. The summed E-state index contributed by atoms with van der Waals surface area (Å²) in [6, 6.07) is 7.28. The minimum absolute atomic E-state index is 0.171. The second kappa shape index (κ2) is 7.97. The Morgan fingerprint density at radius 1 is 1.11 bits per heavy atom. The molecule has 2 amide bonds. The van der Waals surface area contributed by atoms with E-state index >= 15 is 0 Å². The van der Waals surface area contributed by atoms with Gasteiger partial charge in [-0.15, -0.1) is 0 Å². The van der Waals surface area contributed by atoms with Crippen LogP contribution in [0.15, 0.2) is 34.9 Å². The molecule has 3 aromatic rings. The second-order valence-corrected chi connectivity index (χ2v) is 7.23. The Morgan fingerprint density at radius 2 is 1.79 bits per heavy atom. The lowest BCUT2D eigenvalue weighted by molar-refractivity contribution is 0.0958. The van der Waals surface area contributed by atoms with Crippen molar-refractivity contribution in [2.45, 2.75) is 20.4 Å². The van der Waals surface area contributed by atoms with Crippen molar-refractivity contribution in [1.82, 2.24) is 24.9 Å². The molecular formula is C19H21BrN6O2. The van der Waals surface area contributed by atoms with Gasteiger partial charge in [-0.2, -0.15) is 10.2 Å². The van der Waals surface area contributed by atoms with Gasteiger partial charge >= 0.3 is 0 Å². The predicted molar refractivity (Wildman–Crippen MR) is 109 cm³/mol. The van der Waals surface area contributed by atoms with Crippen molar-refractivity contribution < 1.29 is 9.59 Å². The van der Waals surface area contributed by atoms with Crippen LogP contribution in [0, 0.1) is 13.8 Å². The first-order valence-electron chi connectivity index (χ1n) is 8.65. The molecule has 0 aliphatic rings. The highest BCUT2D eigenvalue weighted by atomic mass is 79.9. The third kappa shape index (κ3) is 3.99. The number of hydrogen-bond donors (Lipinski definition) is 2. The largest absolute Gasteiger partial charge is 0.354 e. The number of rotatable bonds is 5. The van der Waals surface area contributed by atoms with E-state index < -0.39 is 0 Å². The zero-order valence-electron chi connectivity index (χ0n) is 16.1. The lowest BCUT2D eigenvalue weighted by atomic mass is 10.1. The predicted octanol–water partition coefficient (Wildman–Crippen LogP) is 2.66.